The molecule has 10 nitrogen and oxygen atoms in total. The van der Waals surface area contributed by atoms with Gasteiger partial charge >= 0.3 is 5.97 Å². The van der Waals surface area contributed by atoms with Crippen LogP contribution in [0.25, 0.3) is 0 Å². The van der Waals surface area contributed by atoms with Crippen LogP contribution in [-0.2, 0) is 26.2 Å². The van der Waals surface area contributed by atoms with Crippen LogP contribution >= 0.6 is 0 Å². The molecular formula is C32H42FN3O7. The number of hydrogen-bond donors (Lipinski definition) is 1. The van der Waals surface area contributed by atoms with Crippen LogP contribution in [0, 0.1) is 11.2 Å². The normalized spacial score (nSPS) is 15.4. The fourth-order valence-corrected chi connectivity index (χ4v) is 5.66. The molecule has 1 N–H and O–H groups in total. The first-order valence-electron chi connectivity index (χ1n) is 14.5. The molecule has 2 heterocycles. The summed E-state index contributed by atoms with van der Waals surface area (Å²) in [6.45, 7) is 9.61. The molecule has 2 aliphatic heterocycles. The summed E-state index contributed by atoms with van der Waals surface area (Å²) in [6.07, 6.45) is 1.33. The molecule has 2 aromatic carbocycles. The second kappa shape index (κ2) is 13.2. The molecule has 234 valence electrons. The average Bonchev–Trinajstić information content (AvgIpc) is 3.29. The van der Waals surface area contributed by atoms with E-state index < -0.39 is 5.82 Å². The van der Waals surface area contributed by atoms with E-state index in [2.05, 4.69) is 25.7 Å². The van der Waals surface area contributed by atoms with Crippen molar-refractivity contribution in [1.82, 2.24) is 4.90 Å². The lowest BCUT2D eigenvalue weighted by molar-refractivity contribution is -0.150. The maximum Gasteiger partial charge on any atom is 0.332 e. The first-order valence-corrected chi connectivity index (χ1v) is 14.5. The quantitative estimate of drug-likeness (QED) is 0.290. The number of methoxy groups -OCH3 is 3. The predicted octanol–water partition coefficient (Wildman–Crippen LogP) is 4.72. The van der Waals surface area contributed by atoms with Gasteiger partial charge in [0.2, 0.25) is 0 Å². The maximum absolute atomic E-state index is 15.3. The molecule has 43 heavy (non-hydrogen) atoms. The Morgan fingerprint density at radius 2 is 1.70 bits per heavy atom. The number of ether oxygens (including phenoxy) is 5. The standard InChI is InChI=1S/C32H42FN3O7/c1-8-42-26(38)18-43-21-9-11-35(12-10-21)23-14-19(13-22(29(23)40-6)32(2,3)4)24(37)17-36-16-20-15-25(39-5)30(41-7)28(33)27(20)31(36)34/h13-15,21,34H,8-12,16-18H2,1-7H3. The van der Waals surface area contributed by atoms with Crippen molar-refractivity contribution < 1.29 is 37.7 Å². The second-order valence-corrected chi connectivity index (χ2v) is 11.7. The third kappa shape index (κ3) is 6.71. The Balaban J connectivity index is 1.57. The van der Waals surface area contributed by atoms with Crippen LogP contribution in [0.4, 0.5) is 10.1 Å². The smallest absolute Gasteiger partial charge is 0.332 e. The number of anilines is 1. The lowest BCUT2D eigenvalue weighted by atomic mass is 9.84. The van der Waals surface area contributed by atoms with Crippen LogP contribution < -0.4 is 19.1 Å². The Hall–Kier alpha value is -3.86. The van der Waals surface area contributed by atoms with Gasteiger partial charge in [-0.2, -0.15) is 0 Å². The topological polar surface area (TPSA) is 111 Å². The van der Waals surface area contributed by atoms with Gasteiger partial charge in [0, 0.05) is 30.8 Å². The summed E-state index contributed by atoms with van der Waals surface area (Å²) in [5.74, 6) is -0.433. The zero-order valence-electron chi connectivity index (χ0n) is 26.1. The molecule has 2 aromatic rings. The average molecular weight is 600 g/mol. The van der Waals surface area contributed by atoms with Gasteiger partial charge in [-0.1, -0.05) is 20.8 Å². The van der Waals surface area contributed by atoms with Crippen molar-refractivity contribution in [2.45, 2.75) is 58.6 Å². The maximum atomic E-state index is 15.3. The van der Waals surface area contributed by atoms with Gasteiger partial charge in [-0.05, 0) is 48.9 Å². The van der Waals surface area contributed by atoms with Crippen molar-refractivity contribution in [3.05, 3.63) is 46.3 Å². The van der Waals surface area contributed by atoms with Gasteiger partial charge in [0.05, 0.1) is 51.8 Å². The summed E-state index contributed by atoms with van der Waals surface area (Å²) >= 11 is 0. The lowest BCUT2D eigenvalue weighted by Crippen LogP contribution is -2.38. The van der Waals surface area contributed by atoms with Gasteiger partial charge < -0.3 is 33.5 Å². The number of nitrogens with one attached hydrogen (secondary N) is 1. The van der Waals surface area contributed by atoms with Crippen LogP contribution in [0.3, 0.4) is 0 Å². The number of nitrogens with zero attached hydrogens (tertiary/aromatic N) is 2. The van der Waals surface area contributed by atoms with Crippen molar-refractivity contribution >= 4 is 23.3 Å². The fraction of sp³-hybridized carbons (Fsp3) is 0.531. The van der Waals surface area contributed by atoms with Crippen LogP contribution in [0.1, 0.15) is 67.6 Å². The molecule has 11 heteroatoms. The Morgan fingerprint density at radius 1 is 1.02 bits per heavy atom. The van der Waals surface area contributed by atoms with E-state index in [1.165, 1.54) is 14.2 Å². The number of ketones is 1. The largest absolute Gasteiger partial charge is 0.494 e. The Labute approximate surface area is 252 Å². The van der Waals surface area contributed by atoms with E-state index >= 15 is 4.39 Å². The van der Waals surface area contributed by atoms with Gasteiger partial charge in [-0.25, -0.2) is 9.18 Å². The summed E-state index contributed by atoms with van der Waals surface area (Å²) in [6, 6.07) is 5.36. The van der Waals surface area contributed by atoms with E-state index in [1.807, 2.05) is 12.1 Å². The predicted molar refractivity (Wildman–Crippen MR) is 161 cm³/mol. The van der Waals surface area contributed by atoms with Crippen LogP contribution in [0.15, 0.2) is 18.2 Å². The Kier molecular flexibility index (Phi) is 9.84. The molecule has 2 aliphatic rings. The molecular weight excluding hydrogens is 557 g/mol. The van der Waals surface area contributed by atoms with E-state index in [1.54, 1.807) is 25.0 Å². The molecule has 0 bridgehead atoms. The molecule has 1 saturated heterocycles. The van der Waals surface area contributed by atoms with Crippen LogP contribution in [0.5, 0.6) is 17.2 Å². The van der Waals surface area contributed by atoms with Crippen molar-refractivity contribution in [2.75, 3.05) is 59.1 Å². The minimum atomic E-state index is -0.673. The molecule has 1 fully saturated rings. The van der Waals surface area contributed by atoms with E-state index in [4.69, 9.17) is 29.1 Å². The number of halogens is 1. The summed E-state index contributed by atoms with van der Waals surface area (Å²) in [4.78, 5) is 29.2. The SMILES string of the molecule is CCOC(=O)COC1CCN(c2cc(C(=O)CN3Cc4cc(OC)c(OC)c(F)c4C3=N)cc(C(C)(C)C)c2OC)CC1. The molecule has 0 spiro atoms. The molecule has 0 aromatic heterocycles. The highest BCUT2D eigenvalue weighted by atomic mass is 19.1. The number of Topliss-reactive ketones (excluding diaryl/α,β-unsaturated/α-hetero) is 1. The monoisotopic (exact) mass is 599 g/mol. The molecule has 0 saturated carbocycles. The fourth-order valence-electron chi connectivity index (χ4n) is 5.66. The summed E-state index contributed by atoms with van der Waals surface area (Å²) in [5, 5.41) is 8.66. The minimum absolute atomic E-state index is 0.0659. The van der Waals surface area contributed by atoms with Crippen molar-refractivity contribution in [3.8, 4) is 17.2 Å². The number of amidine groups is 1. The lowest BCUT2D eigenvalue weighted by Gasteiger charge is -2.36. The van der Waals surface area contributed by atoms with Gasteiger partial charge in [-0.15, -0.1) is 0 Å². The highest BCUT2D eigenvalue weighted by Crippen LogP contribution is 2.42. The van der Waals surface area contributed by atoms with E-state index in [9.17, 15) is 9.59 Å². The molecule has 0 amide bonds. The number of carbonyl (C=O) groups excluding carboxylic acids is 2. The van der Waals surface area contributed by atoms with Crippen LogP contribution in [-0.4, -0.2) is 82.8 Å². The first kappa shape index (κ1) is 32.1. The zero-order chi connectivity index (χ0) is 31.5. The number of piperidine rings is 1. The van der Waals surface area contributed by atoms with Gasteiger partial charge in [0.25, 0.3) is 0 Å². The van der Waals surface area contributed by atoms with Crippen molar-refractivity contribution in [1.29, 1.82) is 5.41 Å². The van der Waals surface area contributed by atoms with Gasteiger partial charge in [0.1, 0.15) is 18.2 Å². The minimum Gasteiger partial charge on any atom is -0.494 e. The number of carbonyl (C=O) groups is 2. The van der Waals surface area contributed by atoms with Crippen molar-refractivity contribution in [2.24, 2.45) is 0 Å². The number of rotatable bonds is 11. The molecule has 0 aliphatic carbocycles. The van der Waals surface area contributed by atoms with Gasteiger partial charge in [0.15, 0.2) is 23.1 Å². The molecule has 4 rings (SSSR count). The van der Waals surface area contributed by atoms with Crippen LogP contribution in [0.2, 0.25) is 0 Å². The van der Waals surface area contributed by atoms with E-state index in [0.717, 1.165) is 11.3 Å². The molecule has 0 unspecified atom stereocenters. The third-order valence-electron chi connectivity index (χ3n) is 7.87. The Morgan fingerprint density at radius 3 is 2.28 bits per heavy atom. The molecule has 0 atom stereocenters. The summed E-state index contributed by atoms with van der Waals surface area (Å²) in [5.41, 5.74) is 2.53. The third-order valence-corrected chi connectivity index (χ3v) is 7.87. The number of fused-ring (bicyclic) bond motifs is 1. The van der Waals surface area contributed by atoms with Crippen molar-refractivity contribution in [3.63, 3.8) is 0 Å². The first-order chi connectivity index (χ1) is 20.4. The molecule has 0 radical (unpaired) electrons. The van der Waals surface area contributed by atoms with E-state index in [0.29, 0.717) is 49.4 Å². The second-order valence-electron chi connectivity index (χ2n) is 11.7. The zero-order valence-corrected chi connectivity index (χ0v) is 26.1. The Bertz CT molecular complexity index is 1380. The highest BCUT2D eigenvalue weighted by Gasteiger charge is 2.34. The van der Waals surface area contributed by atoms with E-state index in [-0.39, 0.29) is 65.9 Å². The summed E-state index contributed by atoms with van der Waals surface area (Å²) < 4.78 is 42.4. The number of esters is 1. The summed E-state index contributed by atoms with van der Waals surface area (Å²) in [7, 11) is 4.41. The highest BCUT2D eigenvalue weighted by molar-refractivity contribution is 6.06. The number of benzene rings is 2. The number of hydrogen-bond acceptors (Lipinski definition) is 9. The van der Waals surface area contributed by atoms with Gasteiger partial charge in [-0.3, -0.25) is 10.2 Å².